The Morgan fingerprint density at radius 1 is 1.45 bits per heavy atom. The summed E-state index contributed by atoms with van der Waals surface area (Å²) in [5, 5.41) is 11.4. The lowest BCUT2D eigenvalue weighted by Gasteiger charge is -2.21. The Labute approximate surface area is 126 Å². The van der Waals surface area contributed by atoms with Crippen molar-refractivity contribution in [3.8, 4) is 0 Å². The smallest absolute Gasteiger partial charge is 0.328 e. The zero-order chi connectivity index (χ0) is 14.5. The fourth-order valence-corrected chi connectivity index (χ4v) is 2.79. The first-order valence-electron chi connectivity index (χ1n) is 6.00. The second-order valence-electron chi connectivity index (χ2n) is 4.31. The zero-order valence-electron chi connectivity index (χ0n) is 10.9. The van der Waals surface area contributed by atoms with E-state index in [4.69, 9.17) is 16.7 Å². The van der Waals surface area contributed by atoms with Gasteiger partial charge in [-0.15, -0.1) is 11.3 Å². The molecule has 1 heterocycles. The van der Waals surface area contributed by atoms with Gasteiger partial charge in [0, 0.05) is 28.7 Å². The summed E-state index contributed by atoms with van der Waals surface area (Å²) in [6, 6.07) is 9.50. The van der Waals surface area contributed by atoms with E-state index in [1.54, 1.807) is 23.5 Å². The maximum absolute atomic E-state index is 10.7. The number of carbonyl (C=O) groups is 1. The van der Waals surface area contributed by atoms with Crippen LogP contribution in [0.3, 0.4) is 0 Å². The van der Waals surface area contributed by atoms with Gasteiger partial charge in [0.25, 0.3) is 0 Å². The quantitative estimate of drug-likeness (QED) is 0.844. The molecule has 3 nitrogen and oxygen atoms in total. The Hall–Kier alpha value is -1.78. The summed E-state index contributed by atoms with van der Waals surface area (Å²) < 4.78 is 0. The second-order valence-corrected chi connectivity index (χ2v) is 5.78. The summed E-state index contributed by atoms with van der Waals surface area (Å²) in [7, 11) is 1.96. The van der Waals surface area contributed by atoms with Crippen LogP contribution in [0.1, 0.15) is 10.4 Å². The van der Waals surface area contributed by atoms with Gasteiger partial charge in [0.2, 0.25) is 0 Å². The van der Waals surface area contributed by atoms with E-state index >= 15 is 0 Å². The highest BCUT2D eigenvalue weighted by Crippen LogP contribution is 2.27. The van der Waals surface area contributed by atoms with E-state index in [1.165, 1.54) is 4.88 Å². The molecule has 0 saturated carbocycles. The van der Waals surface area contributed by atoms with Crippen molar-refractivity contribution in [2.75, 3.05) is 11.9 Å². The van der Waals surface area contributed by atoms with Gasteiger partial charge < -0.3 is 10.0 Å². The van der Waals surface area contributed by atoms with E-state index in [1.807, 2.05) is 30.6 Å². The van der Waals surface area contributed by atoms with Gasteiger partial charge in [-0.25, -0.2) is 4.79 Å². The topological polar surface area (TPSA) is 40.5 Å². The lowest BCUT2D eigenvalue weighted by Crippen LogP contribution is -2.16. The van der Waals surface area contributed by atoms with E-state index in [-0.39, 0.29) is 0 Å². The first-order chi connectivity index (χ1) is 9.56. The third-order valence-corrected chi connectivity index (χ3v) is 3.88. The molecule has 1 N–H and O–H groups in total. The highest BCUT2D eigenvalue weighted by Gasteiger charge is 2.08. The molecule has 0 spiro atoms. The normalized spacial score (nSPS) is 10.9. The molecule has 0 aliphatic rings. The van der Waals surface area contributed by atoms with Crippen LogP contribution in [0.4, 0.5) is 5.69 Å². The van der Waals surface area contributed by atoms with Gasteiger partial charge in [0.05, 0.1) is 6.54 Å². The first-order valence-corrected chi connectivity index (χ1v) is 7.26. The molecule has 0 saturated heterocycles. The van der Waals surface area contributed by atoms with Crippen molar-refractivity contribution in [3.05, 3.63) is 57.3 Å². The number of carboxylic acid groups (broad SMARTS) is 1. The van der Waals surface area contributed by atoms with Crippen molar-refractivity contribution in [2.45, 2.75) is 6.54 Å². The van der Waals surface area contributed by atoms with Crippen molar-refractivity contribution in [2.24, 2.45) is 0 Å². The average molecular weight is 308 g/mol. The summed E-state index contributed by atoms with van der Waals surface area (Å²) in [5.41, 5.74) is 1.74. The lowest BCUT2D eigenvalue weighted by atomic mass is 10.1. The molecular formula is C15H14ClNO2S. The lowest BCUT2D eigenvalue weighted by molar-refractivity contribution is -0.131. The van der Waals surface area contributed by atoms with E-state index in [9.17, 15) is 4.79 Å². The van der Waals surface area contributed by atoms with Crippen molar-refractivity contribution in [3.63, 3.8) is 0 Å². The molecule has 0 aliphatic carbocycles. The molecule has 0 bridgehead atoms. The third-order valence-electron chi connectivity index (χ3n) is 2.78. The van der Waals surface area contributed by atoms with E-state index < -0.39 is 5.97 Å². The number of halogens is 1. The first kappa shape index (κ1) is 14.6. The maximum atomic E-state index is 10.7. The van der Waals surface area contributed by atoms with Gasteiger partial charge in [0.15, 0.2) is 0 Å². The molecule has 1 aromatic carbocycles. The summed E-state index contributed by atoms with van der Waals surface area (Å²) in [6.45, 7) is 0.756. The van der Waals surface area contributed by atoms with Crippen LogP contribution in [0.5, 0.6) is 0 Å². The number of aliphatic carboxylic acids is 1. The number of benzene rings is 1. The van der Waals surface area contributed by atoms with E-state index in [2.05, 4.69) is 11.0 Å². The van der Waals surface area contributed by atoms with Crippen molar-refractivity contribution in [1.29, 1.82) is 0 Å². The molecule has 5 heteroatoms. The second kappa shape index (κ2) is 6.59. The van der Waals surface area contributed by atoms with Crippen LogP contribution in [0.15, 0.2) is 41.8 Å². The summed E-state index contributed by atoms with van der Waals surface area (Å²) >= 11 is 7.73. The molecule has 20 heavy (non-hydrogen) atoms. The molecule has 0 atom stereocenters. The summed E-state index contributed by atoms with van der Waals surface area (Å²) in [4.78, 5) is 13.9. The Kier molecular flexibility index (Phi) is 4.82. The number of carboxylic acids is 1. The molecule has 0 fully saturated rings. The van der Waals surface area contributed by atoms with E-state index in [0.29, 0.717) is 5.02 Å². The summed E-state index contributed by atoms with van der Waals surface area (Å²) in [6.07, 6.45) is 2.71. The zero-order valence-corrected chi connectivity index (χ0v) is 12.5. The highest BCUT2D eigenvalue weighted by atomic mass is 35.5. The summed E-state index contributed by atoms with van der Waals surface area (Å²) in [5.74, 6) is -0.966. The Morgan fingerprint density at radius 3 is 2.90 bits per heavy atom. The molecule has 104 valence electrons. The van der Waals surface area contributed by atoms with Gasteiger partial charge in [0.1, 0.15) is 0 Å². The molecule has 0 amide bonds. The van der Waals surface area contributed by atoms with Crippen molar-refractivity contribution < 1.29 is 9.90 Å². The molecule has 2 aromatic rings. The maximum Gasteiger partial charge on any atom is 0.328 e. The Bertz CT molecular complexity index is 623. The van der Waals surface area contributed by atoms with Crippen molar-refractivity contribution >= 4 is 40.7 Å². The fraction of sp³-hybridized carbons (Fsp3) is 0.133. The molecular weight excluding hydrogens is 294 g/mol. The van der Waals surface area contributed by atoms with Crippen molar-refractivity contribution in [1.82, 2.24) is 0 Å². The van der Waals surface area contributed by atoms with Crippen LogP contribution < -0.4 is 4.90 Å². The fourth-order valence-electron chi connectivity index (χ4n) is 1.87. The number of nitrogens with zero attached hydrogens (tertiary/aromatic N) is 1. The largest absolute Gasteiger partial charge is 0.478 e. The molecule has 0 unspecified atom stereocenters. The van der Waals surface area contributed by atoms with Crippen LogP contribution in [-0.2, 0) is 11.3 Å². The van der Waals surface area contributed by atoms with Crippen LogP contribution in [-0.4, -0.2) is 18.1 Å². The third kappa shape index (κ3) is 3.85. The number of rotatable bonds is 5. The highest BCUT2D eigenvalue weighted by molar-refractivity contribution is 7.09. The van der Waals surface area contributed by atoms with Gasteiger partial charge in [-0.3, -0.25) is 0 Å². The Morgan fingerprint density at radius 2 is 2.25 bits per heavy atom. The predicted octanol–water partition coefficient (Wildman–Crippen LogP) is 4.14. The minimum absolute atomic E-state index is 0.630. The van der Waals surface area contributed by atoms with Crippen LogP contribution >= 0.6 is 22.9 Å². The molecule has 0 aliphatic heterocycles. The van der Waals surface area contributed by atoms with Gasteiger partial charge >= 0.3 is 5.97 Å². The molecule has 1 aromatic heterocycles. The number of hydrogen-bond acceptors (Lipinski definition) is 3. The van der Waals surface area contributed by atoms with Gasteiger partial charge in [-0.2, -0.15) is 0 Å². The van der Waals surface area contributed by atoms with Gasteiger partial charge in [-0.1, -0.05) is 23.7 Å². The van der Waals surface area contributed by atoms with Crippen LogP contribution in [0.25, 0.3) is 6.08 Å². The van der Waals surface area contributed by atoms with Crippen LogP contribution in [0, 0.1) is 0 Å². The Balaban J connectivity index is 2.28. The van der Waals surface area contributed by atoms with Crippen LogP contribution in [0.2, 0.25) is 5.02 Å². The number of anilines is 1. The number of thiophene rings is 1. The average Bonchev–Trinajstić information content (AvgIpc) is 2.89. The minimum Gasteiger partial charge on any atom is -0.478 e. The predicted molar refractivity (Wildman–Crippen MR) is 84.5 cm³/mol. The number of hydrogen-bond donors (Lipinski definition) is 1. The monoisotopic (exact) mass is 307 g/mol. The molecule has 0 radical (unpaired) electrons. The standard InChI is InChI=1S/C15H14ClNO2S/c1-17(10-13-3-2-8-20-13)14-9-12(16)6-4-11(14)5-7-15(18)19/h2-9H,10H2,1H3,(H,18,19)/b7-5+. The molecule has 2 rings (SSSR count). The van der Waals surface area contributed by atoms with Gasteiger partial charge in [-0.05, 0) is 35.2 Å². The van der Waals surface area contributed by atoms with E-state index in [0.717, 1.165) is 23.9 Å². The minimum atomic E-state index is -0.966. The SMILES string of the molecule is CN(Cc1cccs1)c1cc(Cl)ccc1/C=C/C(=O)O.